The predicted octanol–water partition coefficient (Wildman–Crippen LogP) is 4.72. The molecule has 1 aromatic carbocycles. The molecular weight excluding hydrogens is 264 g/mol. The number of nitrogens with zero attached hydrogens (tertiary/aromatic N) is 1. The topological polar surface area (TPSA) is 15.3 Å². The summed E-state index contributed by atoms with van der Waals surface area (Å²) in [6.07, 6.45) is 0. The Hall–Kier alpha value is -1.48. The Labute approximate surface area is 126 Å². The van der Waals surface area contributed by atoms with Gasteiger partial charge < -0.3 is 10.2 Å². The molecule has 0 aliphatic carbocycles. The molecule has 108 valence electrons. The fraction of sp³-hybridized carbons (Fsp3) is 0.412. The van der Waals surface area contributed by atoms with Crippen molar-refractivity contribution in [2.45, 2.75) is 32.7 Å². The molecule has 3 heteroatoms. The zero-order chi connectivity index (χ0) is 14.8. The number of hydrogen-bond donors (Lipinski definition) is 1. The Kier molecular flexibility index (Phi) is 4.39. The van der Waals surface area contributed by atoms with Crippen molar-refractivity contribution in [3.8, 4) is 0 Å². The monoisotopic (exact) mass is 288 g/mol. The zero-order valence-corrected chi connectivity index (χ0v) is 13.8. The average Bonchev–Trinajstić information content (AvgIpc) is 2.85. The van der Waals surface area contributed by atoms with Crippen molar-refractivity contribution in [1.29, 1.82) is 0 Å². The van der Waals surface area contributed by atoms with Crippen molar-refractivity contribution in [1.82, 2.24) is 0 Å². The van der Waals surface area contributed by atoms with Crippen molar-refractivity contribution < 1.29 is 0 Å². The van der Waals surface area contributed by atoms with Gasteiger partial charge in [-0.2, -0.15) is 0 Å². The number of hydrogen-bond acceptors (Lipinski definition) is 3. The summed E-state index contributed by atoms with van der Waals surface area (Å²) in [5.41, 5.74) is 2.63. The number of benzene rings is 1. The van der Waals surface area contributed by atoms with Crippen LogP contribution in [0.4, 0.5) is 11.4 Å². The molecule has 0 unspecified atom stereocenters. The van der Waals surface area contributed by atoms with Gasteiger partial charge in [-0.25, -0.2) is 0 Å². The van der Waals surface area contributed by atoms with Gasteiger partial charge in [0.15, 0.2) is 0 Å². The quantitative estimate of drug-likeness (QED) is 0.875. The largest absolute Gasteiger partial charge is 0.380 e. The third-order valence-electron chi connectivity index (χ3n) is 3.23. The van der Waals surface area contributed by atoms with E-state index in [2.05, 4.69) is 81.5 Å². The van der Waals surface area contributed by atoms with E-state index in [9.17, 15) is 0 Å². The van der Waals surface area contributed by atoms with E-state index in [0.717, 1.165) is 6.54 Å². The van der Waals surface area contributed by atoms with Crippen molar-refractivity contribution in [3.05, 3.63) is 46.2 Å². The molecule has 0 radical (unpaired) electrons. The molecule has 1 heterocycles. The van der Waals surface area contributed by atoms with Gasteiger partial charge in [-0.3, -0.25) is 0 Å². The second kappa shape index (κ2) is 5.88. The van der Waals surface area contributed by atoms with E-state index < -0.39 is 0 Å². The molecule has 0 atom stereocenters. The minimum absolute atomic E-state index is 0.244. The fourth-order valence-corrected chi connectivity index (χ4v) is 2.96. The Morgan fingerprint density at radius 2 is 1.85 bits per heavy atom. The predicted molar refractivity (Wildman–Crippen MR) is 91.1 cm³/mol. The highest BCUT2D eigenvalue weighted by Gasteiger charge is 2.15. The van der Waals surface area contributed by atoms with E-state index in [1.165, 1.54) is 21.1 Å². The normalized spacial score (nSPS) is 11.4. The molecule has 0 bridgehead atoms. The third-order valence-corrected chi connectivity index (χ3v) is 4.74. The Bertz CT molecular complexity index is 564. The molecule has 1 N–H and O–H groups in total. The Morgan fingerprint density at radius 1 is 1.10 bits per heavy atom. The van der Waals surface area contributed by atoms with Crippen LogP contribution in [0, 0.1) is 0 Å². The number of thiophene rings is 1. The van der Waals surface area contributed by atoms with E-state index in [1.54, 1.807) is 0 Å². The van der Waals surface area contributed by atoms with Crippen LogP contribution < -0.4 is 10.2 Å². The molecule has 0 saturated carbocycles. The lowest BCUT2D eigenvalue weighted by molar-refractivity contribution is 0.604. The van der Waals surface area contributed by atoms with Crippen LogP contribution in [0.1, 0.15) is 30.5 Å². The smallest absolute Gasteiger partial charge is 0.0494 e. The van der Waals surface area contributed by atoms with E-state index in [4.69, 9.17) is 0 Å². The van der Waals surface area contributed by atoms with E-state index in [0.29, 0.717) is 0 Å². The van der Waals surface area contributed by atoms with E-state index >= 15 is 0 Å². The molecule has 20 heavy (non-hydrogen) atoms. The summed E-state index contributed by atoms with van der Waals surface area (Å²) >= 11 is 1.90. The van der Waals surface area contributed by atoms with Crippen LogP contribution in [0.5, 0.6) is 0 Å². The minimum atomic E-state index is 0.244. The van der Waals surface area contributed by atoms with Crippen LogP contribution in [0.15, 0.2) is 36.4 Å². The maximum Gasteiger partial charge on any atom is 0.0494 e. The van der Waals surface area contributed by atoms with Gasteiger partial charge in [0, 0.05) is 41.8 Å². The lowest BCUT2D eigenvalue weighted by Crippen LogP contribution is -2.09. The van der Waals surface area contributed by atoms with Crippen LogP contribution in [0.25, 0.3) is 0 Å². The molecule has 0 amide bonds. The van der Waals surface area contributed by atoms with Gasteiger partial charge >= 0.3 is 0 Å². The van der Waals surface area contributed by atoms with Crippen molar-refractivity contribution >= 4 is 22.7 Å². The van der Waals surface area contributed by atoms with Gasteiger partial charge in [-0.1, -0.05) is 26.8 Å². The molecule has 1 aromatic heterocycles. The SMILES string of the molecule is CN(C)c1cccc(NCc2ccc(C(C)(C)C)s2)c1. The summed E-state index contributed by atoms with van der Waals surface area (Å²) in [5, 5.41) is 3.50. The minimum Gasteiger partial charge on any atom is -0.380 e. The van der Waals surface area contributed by atoms with Gasteiger partial charge in [-0.05, 0) is 35.7 Å². The van der Waals surface area contributed by atoms with Crippen molar-refractivity contribution in [2.24, 2.45) is 0 Å². The summed E-state index contributed by atoms with van der Waals surface area (Å²) < 4.78 is 0. The van der Waals surface area contributed by atoms with Crippen LogP contribution >= 0.6 is 11.3 Å². The van der Waals surface area contributed by atoms with E-state index in [1.807, 2.05) is 11.3 Å². The Morgan fingerprint density at radius 3 is 2.45 bits per heavy atom. The van der Waals surface area contributed by atoms with Crippen molar-refractivity contribution in [2.75, 3.05) is 24.3 Å². The van der Waals surface area contributed by atoms with Gasteiger partial charge in [0.1, 0.15) is 0 Å². The second-order valence-corrected chi connectivity index (χ2v) is 7.48. The summed E-state index contributed by atoms with van der Waals surface area (Å²) in [4.78, 5) is 4.94. The first-order chi connectivity index (χ1) is 9.36. The number of rotatable bonds is 4. The van der Waals surface area contributed by atoms with Crippen molar-refractivity contribution in [3.63, 3.8) is 0 Å². The van der Waals surface area contributed by atoms with Crippen LogP contribution in [0.3, 0.4) is 0 Å². The molecule has 0 spiro atoms. The lowest BCUT2D eigenvalue weighted by Gasteiger charge is -2.15. The molecule has 0 aliphatic rings. The first-order valence-electron chi connectivity index (χ1n) is 6.97. The first-order valence-corrected chi connectivity index (χ1v) is 7.78. The number of anilines is 2. The zero-order valence-electron chi connectivity index (χ0n) is 13.0. The molecule has 2 nitrogen and oxygen atoms in total. The summed E-state index contributed by atoms with van der Waals surface area (Å²) in [7, 11) is 4.13. The summed E-state index contributed by atoms with van der Waals surface area (Å²) in [6.45, 7) is 7.67. The first kappa shape index (κ1) is 14.9. The lowest BCUT2D eigenvalue weighted by atomic mass is 9.95. The highest BCUT2D eigenvalue weighted by Crippen LogP contribution is 2.30. The third kappa shape index (κ3) is 3.76. The molecule has 0 fully saturated rings. The molecule has 0 saturated heterocycles. The average molecular weight is 288 g/mol. The molecule has 2 aromatic rings. The van der Waals surface area contributed by atoms with Crippen LogP contribution in [0.2, 0.25) is 0 Å². The molecule has 2 rings (SSSR count). The van der Waals surface area contributed by atoms with Gasteiger partial charge in [0.25, 0.3) is 0 Å². The second-order valence-electron chi connectivity index (χ2n) is 6.31. The van der Waals surface area contributed by atoms with Gasteiger partial charge in [-0.15, -0.1) is 11.3 Å². The standard InChI is InChI=1S/C17H24N2S/c1-17(2,3)16-10-9-15(20-16)12-18-13-7-6-8-14(11-13)19(4)5/h6-11,18H,12H2,1-5H3. The highest BCUT2D eigenvalue weighted by molar-refractivity contribution is 7.12. The van der Waals surface area contributed by atoms with Crippen LogP contribution in [-0.2, 0) is 12.0 Å². The summed E-state index contributed by atoms with van der Waals surface area (Å²) in [5.74, 6) is 0. The fourth-order valence-electron chi connectivity index (χ4n) is 1.96. The van der Waals surface area contributed by atoms with Crippen LogP contribution in [-0.4, -0.2) is 14.1 Å². The van der Waals surface area contributed by atoms with Gasteiger partial charge in [0.05, 0.1) is 0 Å². The Balaban J connectivity index is 2.02. The maximum absolute atomic E-state index is 3.50. The maximum atomic E-state index is 3.50. The molecule has 0 aliphatic heterocycles. The summed E-state index contributed by atoms with van der Waals surface area (Å²) in [6, 6.07) is 13.0. The number of nitrogens with one attached hydrogen (secondary N) is 1. The van der Waals surface area contributed by atoms with Gasteiger partial charge in [0.2, 0.25) is 0 Å². The highest BCUT2D eigenvalue weighted by atomic mass is 32.1. The van der Waals surface area contributed by atoms with E-state index in [-0.39, 0.29) is 5.41 Å². The molecular formula is C17H24N2S.